The number of allylic oxidation sites excluding steroid dienone is 1. The molecule has 0 aromatic rings. The molecule has 21 nitrogen and oxygen atoms in total. The first-order valence-electron chi connectivity index (χ1n) is 14.0. The van der Waals surface area contributed by atoms with Crippen molar-refractivity contribution in [3.05, 3.63) is 11.8 Å². The molecular formula is C28H74N9O12PS. The number of carboxylic acid groups (broad SMARTS) is 1. The van der Waals surface area contributed by atoms with Gasteiger partial charge in [-0.05, 0) is 68.6 Å². The van der Waals surface area contributed by atoms with Crippen molar-refractivity contribution in [2.24, 2.45) is 27.2 Å². The monoisotopic (exact) mass is 791 g/mol. The van der Waals surface area contributed by atoms with E-state index in [1.165, 1.54) is 52.3 Å². The van der Waals surface area contributed by atoms with Gasteiger partial charge >= 0.3 is 7.60 Å². The van der Waals surface area contributed by atoms with E-state index in [1.54, 1.807) is 21.1 Å². The number of aliphatic hydroxyl groups excluding tert-OH is 1. The highest BCUT2D eigenvalue weighted by Crippen LogP contribution is 2.26. The highest BCUT2D eigenvalue weighted by molar-refractivity contribution is 7.85. The van der Waals surface area contributed by atoms with Gasteiger partial charge < -0.3 is 62.4 Å². The second-order valence-electron chi connectivity index (χ2n) is 9.22. The van der Waals surface area contributed by atoms with Crippen LogP contribution in [0.2, 0.25) is 0 Å². The highest BCUT2D eigenvalue weighted by atomic mass is 32.2. The maximum absolute atomic E-state index is 10.1. The Bertz CT molecular complexity index is 962. The van der Waals surface area contributed by atoms with Crippen molar-refractivity contribution in [2.75, 3.05) is 90.5 Å². The van der Waals surface area contributed by atoms with Gasteiger partial charge in [-0.2, -0.15) is 8.42 Å². The summed E-state index contributed by atoms with van der Waals surface area (Å²) in [5, 5.41) is 19.6. The van der Waals surface area contributed by atoms with Crippen LogP contribution in [-0.4, -0.2) is 169 Å². The normalized spacial score (nSPS) is 9.00. The molecule has 0 aromatic carbocycles. The maximum atomic E-state index is 10.1. The number of nitrogens with two attached hydrogens (primary N) is 3. The van der Waals surface area contributed by atoms with Crippen molar-refractivity contribution in [3.8, 4) is 0 Å². The average Bonchev–Trinajstić information content (AvgIpc) is 3.40. The van der Waals surface area contributed by atoms with Gasteiger partial charge in [-0.3, -0.25) is 33.5 Å². The molecule has 0 atom stereocenters. The molecule has 1 aliphatic heterocycles. The minimum absolute atomic E-state index is 0.00463. The zero-order valence-electron chi connectivity index (χ0n) is 34.3. The molecule has 0 saturated carbocycles. The van der Waals surface area contributed by atoms with Crippen LogP contribution < -0.4 is 27.8 Å². The zero-order valence-corrected chi connectivity index (χ0v) is 36.0. The third-order valence-electron chi connectivity index (χ3n) is 2.05. The summed E-state index contributed by atoms with van der Waals surface area (Å²) in [7, 11) is 11.5. The number of ketones is 1. The number of nitrogens with zero attached hydrogens (tertiary/aromatic N) is 4. The minimum Gasteiger partial charge on any atom is -0.481 e. The van der Waals surface area contributed by atoms with E-state index in [2.05, 4.69) is 33.3 Å². The number of carbonyl (C=O) groups is 4. The number of amides is 2. The molecule has 0 fully saturated rings. The fourth-order valence-corrected chi connectivity index (χ4v) is 0.429. The average molecular weight is 792 g/mol. The minimum atomic E-state index is -3.67. The number of aliphatic imine (C=N–C) groups is 2. The SMILES string of the molecule is CC(=O)N(C)C.CC(=O)O.CC(C)=O.CC1=CN=CC1.CN.CN(C)C.CN=C(N)N.CNC.CNC(C)=O.CO.CP(=O)(O)O.CS(=O)(=O)O. The predicted octanol–water partition coefficient (Wildman–Crippen LogP) is -0.718. The van der Waals surface area contributed by atoms with Crippen molar-refractivity contribution in [1.29, 1.82) is 0 Å². The highest BCUT2D eigenvalue weighted by Gasteiger charge is 1.95. The van der Waals surface area contributed by atoms with E-state index < -0.39 is 23.7 Å². The number of rotatable bonds is 0. The van der Waals surface area contributed by atoms with Crippen LogP contribution in [0.4, 0.5) is 0 Å². The predicted molar refractivity (Wildman–Crippen MR) is 211 cm³/mol. The molecule has 0 unspecified atom stereocenters. The molecule has 1 aliphatic rings. The van der Waals surface area contributed by atoms with E-state index in [1.807, 2.05) is 52.6 Å². The van der Waals surface area contributed by atoms with Gasteiger partial charge in [-0.1, -0.05) is 0 Å². The van der Waals surface area contributed by atoms with Crippen LogP contribution in [0, 0.1) is 0 Å². The van der Waals surface area contributed by atoms with Crippen LogP contribution in [0.1, 0.15) is 48.0 Å². The van der Waals surface area contributed by atoms with Crippen LogP contribution >= 0.6 is 7.60 Å². The molecule has 2 amide bonds. The summed E-state index contributed by atoms with van der Waals surface area (Å²) in [4.78, 5) is 64.2. The summed E-state index contributed by atoms with van der Waals surface area (Å²) in [6.45, 7) is 10.1. The Kier molecular flexibility index (Phi) is 93.6. The molecule has 0 radical (unpaired) electrons. The number of nitrogens with one attached hydrogen (secondary N) is 2. The summed E-state index contributed by atoms with van der Waals surface area (Å²) in [6, 6.07) is 0. The van der Waals surface area contributed by atoms with Crippen molar-refractivity contribution < 1.29 is 56.7 Å². The molecule has 23 heteroatoms. The quantitative estimate of drug-likeness (QED) is 0.0626. The van der Waals surface area contributed by atoms with E-state index in [0.717, 1.165) is 27.1 Å². The lowest BCUT2D eigenvalue weighted by atomic mass is 10.3. The van der Waals surface area contributed by atoms with Gasteiger partial charge in [-0.15, -0.1) is 0 Å². The molecule has 13 N–H and O–H groups in total. The number of aliphatic carboxylic acids is 1. The van der Waals surface area contributed by atoms with Crippen molar-refractivity contribution in [2.45, 2.75) is 48.0 Å². The first-order valence-corrected chi connectivity index (χ1v) is 18.0. The van der Waals surface area contributed by atoms with Gasteiger partial charge in [0.1, 0.15) is 5.78 Å². The Morgan fingerprint density at radius 2 is 1.08 bits per heavy atom. The van der Waals surface area contributed by atoms with Gasteiger partial charge in [0, 0.05) is 81.6 Å². The van der Waals surface area contributed by atoms with Gasteiger partial charge in [0.15, 0.2) is 5.96 Å². The number of Topliss-reactive ketones (excluding diaryl/α,β-unsaturated/α-hetero) is 1. The molecular weight excluding hydrogens is 717 g/mol. The van der Waals surface area contributed by atoms with E-state index in [0.29, 0.717) is 6.26 Å². The Morgan fingerprint density at radius 1 is 0.922 bits per heavy atom. The number of carboxylic acids is 1. The maximum Gasteiger partial charge on any atom is 0.322 e. The van der Waals surface area contributed by atoms with E-state index in [4.69, 9.17) is 40.8 Å². The summed E-state index contributed by atoms with van der Waals surface area (Å²) in [6.07, 6.45) is 5.57. The lowest BCUT2D eigenvalue weighted by molar-refractivity contribution is -0.134. The van der Waals surface area contributed by atoms with Gasteiger partial charge in [0.05, 0.1) is 6.26 Å². The van der Waals surface area contributed by atoms with Crippen molar-refractivity contribution in [1.82, 2.24) is 20.4 Å². The van der Waals surface area contributed by atoms with E-state index >= 15 is 0 Å². The fraction of sp³-hybridized carbons (Fsp3) is 0.714. The molecule has 0 spiro atoms. The van der Waals surface area contributed by atoms with E-state index in [-0.39, 0.29) is 23.6 Å². The summed E-state index contributed by atoms with van der Waals surface area (Å²) >= 11 is 0. The molecule has 51 heavy (non-hydrogen) atoms. The standard InChI is InChI=1S/C5H7N.C4H9NO.C3H7NO.C3H9N.C3H6O.C2H7N3.C2H7N.C2H4O2.CH5N.CH5O3P.CH4O3S.CH4O/c1-5-2-3-6-4-5;1-4(6)5(2)3;1-3(5)4-2;1-4(2)3;1-3(2)4;1-5-2(3)4;1-3-2;1-2(3)4;1-2;2*1-5(2,3)4;1-2/h3-4H,2H2,1H3;1-3H3;1-2H3,(H,4,5);1-3H3;1-2H3;1H3,(H4,3,4,5);3H,1-2H3;1H3,(H,3,4);2H2,1H3;1H3,(H2,2,3,4);1H3,(H,2,3,4);2H,1H3. The largest absolute Gasteiger partial charge is 0.481 e. The van der Waals surface area contributed by atoms with Gasteiger partial charge in [-0.25, -0.2) is 0 Å². The molecule has 0 aromatic heterocycles. The van der Waals surface area contributed by atoms with Crippen LogP contribution in [-0.2, 0) is 33.9 Å². The van der Waals surface area contributed by atoms with E-state index in [9.17, 15) is 27.4 Å². The third-order valence-corrected chi connectivity index (χ3v) is 2.05. The van der Waals surface area contributed by atoms with Crippen molar-refractivity contribution in [3.63, 3.8) is 0 Å². The molecule has 1 heterocycles. The molecule has 0 aliphatic carbocycles. The lowest BCUT2D eigenvalue weighted by Gasteiger charge is -2.02. The Hall–Kier alpha value is -3.34. The number of carbonyl (C=O) groups excluding carboxylic acids is 3. The second kappa shape index (κ2) is 61.8. The topological polar surface area (TPSA) is 354 Å². The third kappa shape index (κ3) is 685. The van der Waals surface area contributed by atoms with Crippen LogP contribution in [0.5, 0.6) is 0 Å². The Balaban J connectivity index is -0.0000000385. The van der Waals surface area contributed by atoms with Crippen LogP contribution in [0.25, 0.3) is 0 Å². The number of aliphatic hydroxyl groups is 1. The molecule has 0 saturated heterocycles. The number of hydrogen-bond donors (Lipinski definition) is 10. The second-order valence-corrected chi connectivity index (χ2v) is 12.4. The van der Waals surface area contributed by atoms with Crippen molar-refractivity contribution >= 4 is 53.5 Å². The first-order chi connectivity index (χ1) is 22.7. The summed E-state index contributed by atoms with van der Waals surface area (Å²) in [5.74, 6) is -0.440. The number of guanidine groups is 1. The summed E-state index contributed by atoms with van der Waals surface area (Å²) < 4.78 is 35.2. The Morgan fingerprint density at radius 3 is 1.10 bits per heavy atom. The Labute approximate surface area is 307 Å². The molecule has 314 valence electrons. The van der Waals surface area contributed by atoms with Gasteiger partial charge in [0.25, 0.3) is 16.1 Å². The molecule has 0 bridgehead atoms. The fourth-order valence-electron chi connectivity index (χ4n) is 0.429. The first kappa shape index (κ1) is 77.2. The number of hydrogen-bond acceptors (Lipinski definition) is 13. The zero-order chi connectivity index (χ0) is 44.6. The lowest BCUT2D eigenvalue weighted by Crippen LogP contribution is -2.21. The molecule has 1 rings (SSSR count). The smallest absolute Gasteiger partial charge is 0.322 e. The van der Waals surface area contributed by atoms with Crippen LogP contribution in [0.15, 0.2) is 21.8 Å². The van der Waals surface area contributed by atoms with Crippen LogP contribution in [0.3, 0.4) is 0 Å². The van der Waals surface area contributed by atoms with Gasteiger partial charge in [0.2, 0.25) is 11.8 Å². The summed E-state index contributed by atoms with van der Waals surface area (Å²) in [5.41, 5.74) is 15.5.